The van der Waals surface area contributed by atoms with Gasteiger partial charge in [0.1, 0.15) is 0 Å². The number of rotatable bonds is 1. The van der Waals surface area contributed by atoms with Gasteiger partial charge in [-0.25, -0.2) is 0 Å². The third-order valence-corrected chi connectivity index (χ3v) is 13.2. The number of hydrogen-bond acceptors (Lipinski definition) is 2. The molecule has 0 aromatic rings. The molecule has 5 rings (SSSR count). The standard InChI is InChI=1S/C30H48O3/c1-25(2)14-15-26(3)16-17-28(5)19(20(26)18-25)8-9-21-27(4)12-11-23(31)30(7,24(32)33)22(27)10-13-29(21,28)6/h8,20-23,31H,9-18H2,1-7H3,(H,32,33)/t20-,21+,22-,23+,26-,27+,28-,29-,30+/m1/s1. The summed E-state index contributed by atoms with van der Waals surface area (Å²) in [7, 11) is 0. The quantitative estimate of drug-likeness (QED) is 0.409. The van der Waals surface area contributed by atoms with Crippen molar-refractivity contribution in [3.05, 3.63) is 11.6 Å². The minimum Gasteiger partial charge on any atom is -0.481 e. The largest absolute Gasteiger partial charge is 0.481 e. The second-order valence-corrected chi connectivity index (χ2v) is 15.0. The molecule has 0 unspecified atom stereocenters. The van der Waals surface area contributed by atoms with Crippen molar-refractivity contribution in [2.75, 3.05) is 0 Å². The summed E-state index contributed by atoms with van der Waals surface area (Å²) in [4.78, 5) is 12.5. The molecular formula is C30H48O3. The summed E-state index contributed by atoms with van der Waals surface area (Å²) in [5.74, 6) is 0.432. The van der Waals surface area contributed by atoms with Crippen LogP contribution >= 0.6 is 0 Å². The van der Waals surface area contributed by atoms with E-state index in [9.17, 15) is 15.0 Å². The summed E-state index contributed by atoms with van der Waals surface area (Å²) >= 11 is 0. The minimum absolute atomic E-state index is 0.0308. The van der Waals surface area contributed by atoms with Crippen LogP contribution in [0.25, 0.3) is 0 Å². The molecule has 5 aliphatic rings. The lowest BCUT2D eigenvalue weighted by Crippen LogP contribution is -2.66. The van der Waals surface area contributed by atoms with Gasteiger partial charge in [-0.05, 0) is 116 Å². The van der Waals surface area contributed by atoms with E-state index in [2.05, 4.69) is 47.6 Å². The first-order valence-corrected chi connectivity index (χ1v) is 13.8. The summed E-state index contributed by atoms with van der Waals surface area (Å²) in [6, 6.07) is 0. The Kier molecular flexibility index (Phi) is 4.99. The number of aliphatic carboxylic acids is 1. The summed E-state index contributed by atoms with van der Waals surface area (Å²) in [5, 5.41) is 21.1. The molecule has 9 atom stereocenters. The first-order valence-electron chi connectivity index (χ1n) is 13.8. The molecule has 0 amide bonds. The van der Waals surface area contributed by atoms with Crippen LogP contribution in [0.5, 0.6) is 0 Å². The highest BCUT2D eigenvalue weighted by Gasteiger charge is 2.69. The third kappa shape index (κ3) is 2.87. The van der Waals surface area contributed by atoms with Crippen molar-refractivity contribution < 1.29 is 15.0 Å². The van der Waals surface area contributed by atoms with Gasteiger partial charge < -0.3 is 10.2 Å². The number of carbonyl (C=O) groups is 1. The van der Waals surface area contributed by atoms with E-state index in [1.165, 1.54) is 32.1 Å². The Bertz CT molecular complexity index is 889. The maximum Gasteiger partial charge on any atom is 0.312 e. The van der Waals surface area contributed by atoms with Crippen LogP contribution in [0, 0.1) is 50.2 Å². The van der Waals surface area contributed by atoms with Crippen LogP contribution in [0.2, 0.25) is 0 Å². The van der Waals surface area contributed by atoms with E-state index >= 15 is 0 Å². The van der Waals surface area contributed by atoms with Gasteiger partial charge in [0.2, 0.25) is 0 Å². The van der Waals surface area contributed by atoms with Gasteiger partial charge in [-0.1, -0.05) is 53.2 Å². The molecular weight excluding hydrogens is 408 g/mol. The Morgan fingerprint density at radius 1 is 0.879 bits per heavy atom. The van der Waals surface area contributed by atoms with Crippen molar-refractivity contribution in [1.82, 2.24) is 0 Å². The number of hydrogen-bond donors (Lipinski definition) is 2. The van der Waals surface area contributed by atoms with Crippen molar-refractivity contribution in [3.8, 4) is 0 Å². The predicted molar refractivity (Wildman–Crippen MR) is 133 cm³/mol. The highest BCUT2D eigenvalue weighted by Crippen LogP contribution is 2.75. The Balaban J connectivity index is 1.58. The second kappa shape index (κ2) is 6.89. The molecule has 0 aliphatic heterocycles. The minimum atomic E-state index is -1.03. The van der Waals surface area contributed by atoms with Gasteiger partial charge in [0.25, 0.3) is 0 Å². The number of aliphatic hydroxyl groups is 1. The molecule has 4 saturated carbocycles. The molecule has 0 heterocycles. The number of aliphatic hydroxyl groups excluding tert-OH is 1. The molecule has 3 heteroatoms. The number of carboxylic acid groups (broad SMARTS) is 1. The number of fused-ring (bicyclic) bond motifs is 7. The molecule has 5 aliphatic carbocycles. The normalized spacial score (nSPS) is 55.3. The fraction of sp³-hybridized carbons (Fsp3) is 0.900. The molecule has 0 aromatic carbocycles. The monoisotopic (exact) mass is 456 g/mol. The zero-order valence-electron chi connectivity index (χ0n) is 22.3. The van der Waals surface area contributed by atoms with Crippen LogP contribution < -0.4 is 0 Å². The highest BCUT2D eigenvalue weighted by atomic mass is 16.4. The van der Waals surface area contributed by atoms with Crippen molar-refractivity contribution in [1.29, 1.82) is 0 Å². The van der Waals surface area contributed by atoms with Crippen molar-refractivity contribution in [3.63, 3.8) is 0 Å². The van der Waals surface area contributed by atoms with Crippen molar-refractivity contribution >= 4 is 5.97 Å². The highest BCUT2D eigenvalue weighted by molar-refractivity contribution is 5.76. The Morgan fingerprint density at radius 3 is 2.21 bits per heavy atom. The van der Waals surface area contributed by atoms with E-state index < -0.39 is 17.5 Å². The van der Waals surface area contributed by atoms with E-state index in [0.29, 0.717) is 29.1 Å². The lowest BCUT2D eigenvalue weighted by Gasteiger charge is -2.71. The second-order valence-electron chi connectivity index (χ2n) is 15.0. The van der Waals surface area contributed by atoms with Gasteiger partial charge in [-0.15, -0.1) is 0 Å². The van der Waals surface area contributed by atoms with E-state index in [4.69, 9.17) is 0 Å². The van der Waals surface area contributed by atoms with Gasteiger partial charge in [0.05, 0.1) is 11.5 Å². The van der Waals surface area contributed by atoms with Gasteiger partial charge >= 0.3 is 5.97 Å². The first-order chi connectivity index (χ1) is 15.1. The van der Waals surface area contributed by atoms with Gasteiger partial charge in [-0.2, -0.15) is 0 Å². The molecule has 33 heavy (non-hydrogen) atoms. The lowest BCUT2D eigenvalue weighted by atomic mass is 9.33. The first kappa shape index (κ1) is 23.9. The van der Waals surface area contributed by atoms with E-state index in [0.717, 1.165) is 25.7 Å². The third-order valence-electron chi connectivity index (χ3n) is 13.2. The van der Waals surface area contributed by atoms with Crippen LogP contribution in [-0.2, 0) is 4.79 Å². The zero-order valence-corrected chi connectivity index (χ0v) is 22.3. The van der Waals surface area contributed by atoms with E-state index in [-0.39, 0.29) is 22.2 Å². The average molecular weight is 457 g/mol. The van der Waals surface area contributed by atoms with Crippen LogP contribution in [-0.4, -0.2) is 22.3 Å². The topological polar surface area (TPSA) is 57.5 Å². The summed E-state index contributed by atoms with van der Waals surface area (Å²) < 4.78 is 0. The van der Waals surface area contributed by atoms with Crippen LogP contribution in [0.4, 0.5) is 0 Å². The van der Waals surface area contributed by atoms with Crippen molar-refractivity contribution in [2.45, 2.75) is 119 Å². The lowest BCUT2D eigenvalue weighted by molar-refractivity contribution is -0.216. The molecule has 3 nitrogen and oxygen atoms in total. The average Bonchev–Trinajstić information content (AvgIpc) is 2.72. The fourth-order valence-corrected chi connectivity index (χ4v) is 10.5. The molecule has 4 fully saturated rings. The molecule has 0 bridgehead atoms. The fourth-order valence-electron chi connectivity index (χ4n) is 10.5. The van der Waals surface area contributed by atoms with E-state index in [1.54, 1.807) is 5.57 Å². The van der Waals surface area contributed by atoms with Gasteiger partial charge in [-0.3, -0.25) is 4.79 Å². The van der Waals surface area contributed by atoms with Crippen LogP contribution in [0.15, 0.2) is 11.6 Å². The molecule has 0 aromatic heterocycles. The predicted octanol–water partition coefficient (Wildman–Crippen LogP) is 7.23. The summed E-state index contributed by atoms with van der Waals surface area (Å²) in [6.45, 7) is 16.9. The molecule has 0 radical (unpaired) electrons. The Labute approximate surface area is 201 Å². The smallest absolute Gasteiger partial charge is 0.312 e. The molecule has 2 N–H and O–H groups in total. The molecule has 186 valence electrons. The van der Waals surface area contributed by atoms with Crippen molar-refractivity contribution in [2.24, 2.45) is 50.2 Å². The number of allylic oxidation sites excluding steroid dienone is 2. The van der Waals surface area contributed by atoms with E-state index in [1.807, 2.05) is 6.92 Å². The van der Waals surface area contributed by atoms with Crippen LogP contribution in [0.3, 0.4) is 0 Å². The van der Waals surface area contributed by atoms with Gasteiger partial charge in [0.15, 0.2) is 0 Å². The Hall–Kier alpha value is -0.830. The SMILES string of the molecule is CC1(C)CC[C@]2(C)CC[C@]3(C)C(=CC[C@H]4[C@]5(C)CC[C@H](O)[C@@](C)(C(=O)O)[C@@H]5CC[C@]43C)[C@H]2C1. The summed E-state index contributed by atoms with van der Waals surface area (Å²) in [6.07, 6.45) is 13.2. The Morgan fingerprint density at radius 2 is 1.55 bits per heavy atom. The number of carboxylic acids is 1. The van der Waals surface area contributed by atoms with Crippen LogP contribution in [0.1, 0.15) is 113 Å². The summed E-state index contributed by atoms with van der Waals surface area (Å²) in [5.41, 5.74) is 1.98. The molecule has 0 spiro atoms. The van der Waals surface area contributed by atoms with Gasteiger partial charge in [0, 0.05) is 0 Å². The maximum atomic E-state index is 12.5. The molecule has 0 saturated heterocycles. The maximum absolute atomic E-state index is 12.5. The zero-order chi connectivity index (χ0) is 24.2.